The second kappa shape index (κ2) is 6.92. The number of carbonyl (C=O) groups excluding carboxylic acids is 1. The molecule has 0 saturated heterocycles. The van der Waals surface area contributed by atoms with Gasteiger partial charge in [-0.05, 0) is 46.7 Å². The Morgan fingerprint density at radius 2 is 1.76 bits per heavy atom. The predicted molar refractivity (Wildman–Crippen MR) is 95.3 cm³/mol. The molecule has 0 fully saturated rings. The molecule has 0 bridgehead atoms. The molecule has 0 spiro atoms. The van der Waals surface area contributed by atoms with E-state index < -0.39 is 5.91 Å². The average Bonchev–Trinajstić information content (AvgIpc) is 2.62. The van der Waals surface area contributed by atoms with Crippen LogP contribution in [0.25, 0.3) is 10.8 Å². The first kappa shape index (κ1) is 16.3. The number of hydrogen-bond acceptors (Lipinski definition) is 5. The molecule has 6 heteroatoms. The molecule has 25 heavy (non-hydrogen) atoms. The molecule has 0 aliphatic carbocycles. The lowest BCUT2D eigenvalue weighted by Crippen LogP contribution is -2.17. The minimum atomic E-state index is -0.523. The van der Waals surface area contributed by atoms with Crippen LogP contribution in [0.4, 0.5) is 0 Å². The number of hydrogen-bond donors (Lipinski definition) is 3. The van der Waals surface area contributed by atoms with Crippen molar-refractivity contribution in [3.63, 3.8) is 0 Å². The van der Waals surface area contributed by atoms with Crippen molar-refractivity contribution in [3.8, 4) is 17.2 Å². The first-order valence-electron chi connectivity index (χ1n) is 7.50. The first-order valence-corrected chi connectivity index (χ1v) is 7.50. The Morgan fingerprint density at radius 3 is 2.48 bits per heavy atom. The molecule has 6 nitrogen and oxygen atoms in total. The average molecular weight is 336 g/mol. The Labute approximate surface area is 144 Å². The second-order valence-corrected chi connectivity index (χ2v) is 5.35. The number of fused-ring (bicyclic) bond motifs is 1. The van der Waals surface area contributed by atoms with Crippen LogP contribution in [0, 0.1) is 0 Å². The summed E-state index contributed by atoms with van der Waals surface area (Å²) >= 11 is 0. The molecule has 0 atom stereocenters. The van der Waals surface area contributed by atoms with Gasteiger partial charge in [0.25, 0.3) is 5.91 Å². The highest BCUT2D eigenvalue weighted by Crippen LogP contribution is 2.26. The lowest BCUT2D eigenvalue weighted by Gasteiger charge is -2.06. The van der Waals surface area contributed by atoms with Crippen LogP contribution in [0.3, 0.4) is 0 Å². The summed E-state index contributed by atoms with van der Waals surface area (Å²) in [5.41, 5.74) is 3.15. The lowest BCUT2D eigenvalue weighted by molar-refractivity contribution is 0.0952. The van der Waals surface area contributed by atoms with Crippen molar-refractivity contribution in [1.29, 1.82) is 0 Å². The molecule has 0 aliphatic rings. The van der Waals surface area contributed by atoms with E-state index in [1.54, 1.807) is 24.3 Å². The number of hydrazone groups is 1. The van der Waals surface area contributed by atoms with Gasteiger partial charge in [-0.1, -0.05) is 24.3 Å². The van der Waals surface area contributed by atoms with E-state index >= 15 is 0 Å². The van der Waals surface area contributed by atoms with Gasteiger partial charge in [0.15, 0.2) is 11.5 Å². The molecule has 0 aromatic heterocycles. The van der Waals surface area contributed by atoms with Crippen LogP contribution in [0.1, 0.15) is 15.9 Å². The summed E-state index contributed by atoms with van der Waals surface area (Å²) in [5.74, 6) is -0.310. The summed E-state index contributed by atoms with van der Waals surface area (Å²) in [6, 6.07) is 15.3. The van der Waals surface area contributed by atoms with E-state index in [0.717, 1.165) is 10.8 Å². The maximum atomic E-state index is 12.2. The van der Waals surface area contributed by atoms with Crippen LogP contribution >= 0.6 is 0 Å². The van der Waals surface area contributed by atoms with Gasteiger partial charge < -0.3 is 14.9 Å². The number of phenolic OH excluding ortho intramolecular Hbond substituents is 2. The number of aromatic hydroxyl groups is 2. The molecule has 3 rings (SSSR count). The molecule has 0 unspecified atom stereocenters. The number of carbonyl (C=O) groups is 1. The summed E-state index contributed by atoms with van der Waals surface area (Å²) in [5, 5.41) is 25.1. The van der Waals surface area contributed by atoms with Crippen molar-refractivity contribution in [2.75, 3.05) is 7.11 Å². The standard InChI is InChI=1S/C19H16N2O4/c1-25-18-8-12(6-7-16(18)22)11-20-21-19(24)15-9-13-4-2-3-5-14(13)10-17(15)23/h2-11,22-23H,1H3,(H,21,24)/b20-11+. The third kappa shape index (κ3) is 3.53. The van der Waals surface area contributed by atoms with E-state index in [2.05, 4.69) is 10.5 Å². The number of benzene rings is 3. The Balaban J connectivity index is 1.77. The van der Waals surface area contributed by atoms with Gasteiger partial charge in [0.2, 0.25) is 0 Å². The fourth-order valence-corrected chi connectivity index (χ4v) is 2.41. The highest BCUT2D eigenvalue weighted by Gasteiger charge is 2.11. The van der Waals surface area contributed by atoms with Crippen LogP contribution in [-0.2, 0) is 0 Å². The monoisotopic (exact) mass is 336 g/mol. The van der Waals surface area contributed by atoms with E-state index in [9.17, 15) is 15.0 Å². The molecular weight excluding hydrogens is 320 g/mol. The maximum absolute atomic E-state index is 12.2. The first-order chi connectivity index (χ1) is 12.1. The van der Waals surface area contributed by atoms with Crippen molar-refractivity contribution in [2.24, 2.45) is 5.10 Å². The SMILES string of the molecule is COc1cc(/C=N/NC(=O)c2cc3ccccc3cc2O)ccc1O. The van der Waals surface area contributed by atoms with Gasteiger partial charge >= 0.3 is 0 Å². The summed E-state index contributed by atoms with van der Waals surface area (Å²) in [6.45, 7) is 0. The van der Waals surface area contributed by atoms with Gasteiger partial charge in [0.05, 0.1) is 18.9 Å². The zero-order chi connectivity index (χ0) is 17.8. The van der Waals surface area contributed by atoms with Crippen molar-refractivity contribution >= 4 is 22.9 Å². The Morgan fingerprint density at radius 1 is 1.04 bits per heavy atom. The number of nitrogens with one attached hydrogen (secondary N) is 1. The van der Waals surface area contributed by atoms with Gasteiger partial charge in [0.1, 0.15) is 5.75 Å². The van der Waals surface area contributed by atoms with E-state index in [4.69, 9.17) is 4.74 Å². The van der Waals surface area contributed by atoms with Gasteiger partial charge in [-0.3, -0.25) is 4.79 Å². The van der Waals surface area contributed by atoms with Crippen LogP contribution in [0.2, 0.25) is 0 Å². The third-order valence-electron chi connectivity index (χ3n) is 3.69. The summed E-state index contributed by atoms with van der Waals surface area (Å²) in [6.07, 6.45) is 1.41. The topological polar surface area (TPSA) is 91.2 Å². The Hall–Kier alpha value is -3.54. The third-order valence-corrected chi connectivity index (χ3v) is 3.69. The van der Waals surface area contributed by atoms with E-state index in [-0.39, 0.29) is 17.1 Å². The van der Waals surface area contributed by atoms with E-state index in [1.807, 2.05) is 24.3 Å². The van der Waals surface area contributed by atoms with Crippen molar-refractivity contribution in [3.05, 3.63) is 65.7 Å². The van der Waals surface area contributed by atoms with Gasteiger partial charge in [-0.15, -0.1) is 0 Å². The fourth-order valence-electron chi connectivity index (χ4n) is 2.41. The minimum Gasteiger partial charge on any atom is -0.507 e. The molecule has 3 aromatic carbocycles. The molecule has 0 heterocycles. The van der Waals surface area contributed by atoms with E-state index in [1.165, 1.54) is 19.4 Å². The van der Waals surface area contributed by atoms with Crippen LogP contribution in [0.5, 0.6) is 17.2 Å². The molecule has 0 saturated carbocycles. The Bertz CT molecular complexity index is 967. The highest BCUT2D eigenvalue weighted by atomic mass is 16.5. The van der Waals surface area contributed by atoms with Crippen LogP contribution < -0.4 is 10.2 Å². The summed E-state index contributed by atoms with van der Waals surface area (Å²) < 4.78 is 5.01. The van der Waals surface area contributed by atoms with Crippen molar-refractivity contribution in [1.82, 2.24) is 5.43 Å². The van der Waals surface area contributed by atoms with Gasteiger partial charge in [0, 0.05) is 0 Å². The fraction of sp³-hybridized carbons (Fsp3) is 0.0526. The highest BCUT2D eigenvalue weighted by molar-refractivity contribution is 6.01. The van der Waals surface area contributed by atoms with Gasteiger partial charge in [-0.2, -0.15) is 5.10 Å². The second-order valence-electron chi connectivity index (χ2n) is 5.35. The number of ether oxygens (including phenoxy) is 1. The predicted octanol–water partition coefficient (Wildman–Crippen LogP) is 3.02. The molecule has 126 valence electrons. The molecule has 1 amide bonds. The summed E-state index contributed by atoms with van der Waals surface area (Å²) in [7, 11) is 1.44. The smallest absolute Gasteiger partial charge is 0.275 e. The molecule has 3 N–H and O–H groups in total. The zero-order valence-electron chi connectivity index (χ0n) is 13.4. The molecule has 3 aromatic rings. The minimum absolute atomic E-state index is 0.0183. The molecular formula is C19H16N2O4. The quantitative estimate of drug-likeness (QED) is 0.504. The zero-order valence-corrected chi connectivity index (χ0v) is 13.4. The lowest BCUT2D eigenvalue weighted by atomic mass is 10.1. The largest absolute Gasteiger partial charge is 0.507 e. The van der Waals surface area contributed by atoms with E-state index in [0.29, 0.717) is 11.3 Å². The number of phenols is 2. The number of nitrogens with zero attached hydrogens (tertiary/aromatic N) is 1. The molecule has 0 aliphatic heterocycles. The van der Waals surface area contributed by atoms with Crippen LogP contribution in [-0.4, -0.2) is 29.4 Å². The normalized spacial score (nSPS) is 10.9. The number of methoxy groups -OCH3 is 1. The Kier molecular flexibility index (Phi) is 4.52. The summed E-state index contributed by atoms with van der Waals surface area (Å²) in [4.78, 5) is 12.2. The van der Waals surface area contributed by atoms with Crippen LogP contribution in [0.15, 0.2) is 59.7 Å². The maximum Gasteiger partial charge on any atom is 0.275 e. The van der Waals surface area contributed by atoms with Crippen molar-refractivity contribution < 1.29 is 19.7 Å². The number of rotatable bonds is 4. The number of amides is 1. The molecule has 0 radical (unpaired) electrons. The van der Waals surface area contributed by atoms with Crippen molar-refractivity contribution in [2.45, 2.75) is 0 Å². The van der Waals surface area contributed by atoms with Gasteiger partial charge in [-0.25, -0.2) is 5.43 Å².